The second-order valence-electron chi connectivity index (χ2n) is 5.40. The monoisotopic (exact) mass is 338 g/mol. The fourth-order valence-corrected chi connectivity index (χ4v) is 2.59. The topological polar surface area (TPSA) is 120 Å². The molecule has 3 rings (SSSR count). The summed E-state index contributed by atoms with van der Waals surface area (Å²) in [4.78, 5) is 34.0. The van der Waals surface area contributed by atoms with Crippen molar-refractivity contribution in [3.05, 3.63) is 70.4 Å². The number of nitro benzene ring substituents is 1. The Bertz CT molecular complexity index is 993. The second kappa shape index (κ2) is 6.44. The van der Waals surface area contributed by atoms with Crippen LogP contribution in [0.3, 0.4) is 0 Å². The number of carbonyl (C=O) groups is 2. The molecule has 0 bridgehead atoms. The summed E-state index contributed by atoms with van der Waals surface area (Å²) in [5, 5.41) is 14.1. The summed E-state index contributed by atoms with van der Waals surface area (Å²) in [6, 6.07) is 12.6. The van der Waals surface area contributed by atoms with Crippen LogP contribution in [-0.4, -0.2) is 21.3 Å². The van der Waals surface area contributed by atoms with Crippen LogP contribution in [0, 0.1) is 10.1 Å². The molecule has 3 aromatic rings. The minimum absolute atomic E-state index is 0.00555. The summed E-state index contributed by atoms with van der Waals surface area (Å²) in [6.07, 6.45) is 1.67. The highest BCUT2D eigenvalue weighted by Gasteiger charge is 2.13. The van der Waals surface area contributed by atoms with Crippen LogP contribution in [0.5, 0.6) is 0 Å². The molecule has 126 valence electrons. The maximum Gasteiger partial charge on any atom is 0.270 e. The number of fused-ring (bicyclic) bond motifs is 1. The molecule has 1 aromatic heterocycles. The Labute approximate surface area is 142 Å². The van der Waals surface area contributed by atoms with E-state index >= 15 is 0 Å². The van der Waals surface area contributed by atoms with Gasteiger partial charge in [-0.2, -0.15) is 0 Å². The van der Waals surface area contributed by atoms with Gasteiger partial charge in [-0.05, 0) is 24.3 Å². The van der Waals surface area contributed by atoms with Gasteiger partial charge in [-0.3, -0.25) is 19.7 Å². The lowest BCUT2D eigenvalue weighted by atomic mass is 10.1. The number of nitrogens with zero attached hydrogens (tertiary/aromatic N) is 2. The van der Waals surface area contributed by atoms with Crippen molar-refractivity contribution in [2.24, 2.45) is 5.73 Å². The van der Waals surface area contributed by atoms with E-state index in [-0.39, 0.29) is 23.7 Å². The van der Waals surface area contributed by atoms with Crippen molar-refractivity contribution in [2.45, 2.75) is 6.54 Å². The molecule has 8 nitrogen and oxygen atoms in total. The van der Waals surface area contributed by atoms with Gasteiger partial charge in [0.1, 0.15) is 6.54 Å². The number of anilines is 1. The van der Waals surface area contributed by atoms with Crippen LogP contribution in [0.15, 0.2) is 54.7 Å². The number of nitro groups is 1. The van der Waals surface area contributed by atoms with Gasteiger partial charge in [0, 0.05) is 29.2 Å². The molecule has 0 aliphatic carbocycles. The van der Waals surface area contributed by atoms with Gasteiger partial charge in [0.05, 0.1) is 16.2 Å². The first-order valence-corrected chi connectivity index (χ1v) is 7.37. The Balaban J connectivity index is 1.81. The lowest BCUT2D eigenvalue weighted by Crippen LogP contribution is -2.21. The average Bonchev–Trinajstić information content (AvgIpc) is 2.97. The van der Waals surface area contributed by atoms with E-state index in [4.69, 9.17) is 5.73 Å². The molecule has 0 fully saturated rings. The molecule has 0 atom stereocenters. The quantitative estimate of drug-likeness (QED) is 0.547. The first-order chi connectivity index (χ1) is 12.0. The van der Waals surface area contributed by atoms with Crippen molar-refractivity contribution in [1.29, 1.82) is 0 Å². The zero-order chi connectivity index (χ0) is 18.0. The first-order valence-electron chi connectivity index (χ1n) is 7.37. The highest BCUT2D eigenvalue weighted by atomic mass is 16.6. The fraction of sp³-hybridized carbons (Fsp3) is 0.0588. The van der Waals surface area contributed by atoms with Crippen LogP contribution in [0.1, 0.15) is 10.4 Å². The largest absolute Gasteiger partial charge is 0.366 e. The third kappa shape index (κ3) is 3.32. The molecule has 0 aliphatic rings. The molecule has 2 amide bonds. The van der Waals surface area contributed by atoms with E-state index in [1.165, 1.54) is 18.2 Å². The Morgan fingerprint density at radius 3 is 2.64 bits per heavy atom. The van der Waals surface area contributed by atoms with Crippen molar-refractivity contribution in [2.75, 3.05) is 5.32 Å². The third-order valence-electron chi connectivity index (χ3n) is 3.75. The van der Waals surface area contributed by atoms with E-state index in [2.05, 4.69) is 5.32 Å². The van der Waals surface area contributed by atoms with Crippen LogP contribution in [-0.2, 0) is 11.3 Å². The van der Waals surface area contributed by atoms with Gasteiger partial charge in [-0.15, -0.1) is 0 Å². The maximum absolute atomic E-state index is 12.3. The Morgan fingerprint density at radius 2 is 1.92 bits per heavy atom. The number of amides is 2. The number of benzene rings is 2. The summed E-state index contributed by atoms with van der Waals surface area (Å²) < 4.78 is 1.67. The van der Waals surface area contributed by atoms with Crippen LogP contribution in [0.4, 0.5) is 11.4 Å². The van der Waals surface area contributed by atoms with Crippen LogP contribution in [0.2, 0.25) is 0 Å². The minimum atomic E-state index is -0.630. The lowest BCUT2D eigenvalue weighted by molar-refractivity contribution is -0.384. The maximum atomic E-state index is 12.3. The zero-order valence-corrected chi connectivity index (χ0v) is 13.0. The molecule has 0 unspecified atom stereocenters. The number of non-ortho nitro benzene ring substituents is 1. The highest BCUT2D eigenvalue weighted by Crippen LogP contribution is 2.22. The van der Waals surface area contributed by atoms with E-state index in [0.29, 0.717) is 16.6 Å². The number of nitrogens with two attached hydrogens (primary N) is 1. The number of nitrogens with one attached hydrogen (secondary N) is 1. The molecule has 0 aliphatic heterocycles. The summed E-state index contributed by atoms with van der Waals surface area (Å²) in [6.45, 7) is -0.00555. The Hall–Kier alpha value is -3.68. The fourth-order valence-electron chi connectivity index (χ4n) is 2.59. The zero-order valence-electron chi connectivity index (χ0n) is 13.0. The highest BCUT2D eigenvalue weighted by molar-refractivity contribution is 6.03. The summed E-state index contributed by atoms with van der Waals surface area (Å²) in [5.41, 5.74) is 6.54. The van der Waals surface area contributed by atoms with E-state index in [1.807, 2.05) is 0 Å². The van der Waals surface area contributed by atoms with Crippen LogP contribution >= 0.6 is 0 Å². The molecule has 25 heavy (non-hydrogen) atoms. The molecule has 0 saturated heterocycles. The molecular weight excluding hydrogens is 324 g/mol. The second-order valence-corrected chi connectivity index (χ2v) is 5.40. The van der Waals surface area contributed by atoms with Crippen molar-refractivity contribution in [3.63, 3.8) is 0 Å². The van der Waals surface area contributed by atoms with Gasteiger partial charge in [-0.1, -0.05) is 12.1 Å². The molecule has 8 heteroatoms. The van der Waals surface area contributed by atoms with Crippen LogP contribution < -0.4 is 11.1 Å². The van der Waals surface area contributed by atoms with E-state index in [0.717, 1.165) is 0 Å². The third-order valence-corrected chi connectivity index (χ3v) is 3.75. The van der Waals surface area contributed by atoms with Crippen LogP contribution in [0.25, 0.3) is 10.9 Å². The molecule has 2 aromatic carbocycles. The van der Waals surface area contributed by atoms with Gasteiger partial charge >= 0.3 is 0 Å². The summed E-state index contributed by atoms with van der Waals surface area (Å²) >= 11 is 0. The summed E-state index contributed by atoms with van der Waals surface area (Å²) in [5.74, 6) is -0.973. The normalized spacial score (nSPS) is 10.6. The van der Waals surface area contributed by atoms with Gasteiger partial charge < -0.3 is 15.6 Å². The first kappa shape index (κ1) is 16.2. The number of hydrogen-bond donors (Lipinski definition) is 2. The van der Waals surface area contributed by atoms with Gasteiger partial charge in [0.2, 0.25) is 5.91 Å². The number of hydrogen-bond acceptors (Lipinski definition) is 4. The minimum Gasteiger partial charge on any atom is -0.366 e. The molecule has 3 N–H and O–H groups in total. The number of primary amides is 1. The standard InChI is InChI=1S/C17H14N4O4/c18-17(23)13-3-1-2-4-14(13)19-16(22)10-20-8-7-11-9-12(21(24)25)5-6-15(11)20/h1-9H,10H2,(H2,18,23)(H,19,22). The number of para-hydroxylation sites is 1. The SMILES string of the molecule is NC(=O)c1ccccc1NC(=O)Cn1ccc2cc([N+](=O)[O-])ccc21. The van der Waals surface area contributed by atoms with Gasteiger partial charge in [-0.25, -0.2) is 0 Å². The number of rotatable bonds is 5. The van der Waals surface area contributed by atoms with E-state index in [1.54, 1.807) is 41.1 Å². The number of aromatic nitrogens is 1. The summed E-state index contributed by atoms with van der Waals surface area (Å²) in [7, 11) is 0. The van der Waals surface area contributed by atoms with E-state index < -0.39 is 10.8 Å². The van der Waals surface area contributed by atoms with Gasteiger partial charge in [0.15, 0.2) is 0 Å². The molecule has 0 radical (unpaired) electrons. The van der Waals surface area contributed by atoms with Crippen molar-refractivity contribution in [3.8, 4) is 0 Å². The van der Waals surface area contributed by atoms with Crippen molar-refractivity contribution < 1.29 is 14.5 Å². The van der Waals surface area contributed by atoms with Crippen molar-refractivity contribution in [1.82, 2.24) is 4.57 Å². The lowest BCUT2D eigenvalue weighted by Gasteiger charge is -2.10. The predicted octanol–water partition coefficient (Wildman–Crippen LogP) is 2.29. The molecule has 0 saturated carbocycles. The smallest absolute Gasteiger partial charge is 0.270 e. The molecule has 1 heterocycles. The molecular formula is C17H14N4O4. The number of carbonyl (C=O) groups excluding carboxylic acids is 2. The predicted molar refractivity (Wildman–Crippen MR) is 92.2 cm³/mol. The van der Waals surface area contributed by atoms with E-state index in [9.17, 15) is 19.7 Å². The Morgan fingerprint density at radius 1 is 1.16 bits per heavy atom. The van der Waals surface area contributed by atoms with Gasteiger partial charge in [0.25, 0.3) is 11.6 Å². The van der Waals surface area contributed by atoms with Crippen molar-refractivity contribution >= 4 is 34.1 Å². The Kier molecular flexibility index (Phi) is 4.17. The average molecular weight is 338 g/mol. The molecule has 0 spiro atoms.